The highest BCUT2D eigenvalue weighted by atomic mass is 32.2. The van der Waals surface area contributed by atoms with Gasteiger partial charge in [-0.15, -0.1) is 0 Å². The van der Waals surface area contributed by atoms with E-state index in [1.165, 1.54) is 0 Å². The quantitative estimate of drug-likeness (QED) is 0.518. The first-order chi connectivity index (χ1) is 18.8. The largest absolute Gasteiger partial charge is 0.339 e. The van der Waals surface area contributed by atoms with Crippen LogP contribution in [-0.2, 0) is 20.0 Å². The average molecular weight is 570 g/mol. The fourth-order valence-electron chi connectivity index (χ4n) is 5.85. The molecule has 1 aromatic heterocycles. The summed E-state index contributed by atoms with van der Waals surface area (Å²) in [5, 5.41) is 2.88. The second kappa shape index (κ2) is 11.9. The molecule has 4 rings (SSSR count). The summed E-state index contributed by atoms with van der Waals surface area (Å²) < 4.78 is 26.9. The van der Waals surface area contributed by atoms with Gasteiger partial charge in [0.05, 0.1) is 10.6 Å². The van der Waals surface area contributed by atoms with Crippen LogP contribution in [0, 0.1) is 5.92 Å². The van der Waals surface area contributed by atoms with E-state index in [9.17, 15) is 18.0 Å². The SMILES string of the molecule is CC(C)N(C)C1CCC(N2CC[C@H](NC(=O)c3ccnc(C(C)(C)C)n3)C2=O)C(CS(=O)(=O)c2ccccc2)C1. The molecule has 1 saturated carbocycles. The lowest BCUT2D eigenvalue weighted by atomic mass is 9.81. The molecule has 9 nitrogen and oxygen atoms in total. The number of sulfone groups is 1. The number of aromatic nitrogens is 2. The van der Waals surface area contributed by atoms with E-state index in [2.05, 4.69) is 41.1 Å². The molecule has 0 radical (unpaired) electrons. The van der Waals surface area contributed by atoms with Crippen LogP contribution in [0.25, 0.3) is 0 Å². The van der Waals surface area contributed by atoms with E-state index in [0.717, 1.165) is 12.8 Å². The normalized spacial score (nSPS) is 24.1. The summed E-state index contributed by atoms with van der Waals surface area (Å²) in [5.74, 6) is -0.216. The van der Waals surface area contributed by atoms with Gasteiger partial charge in [0.25, 0.3) is 5.91 Å². The van der Waals surface area contributed by atoms with E-state index in [4.69, 9.17) is 0 Å². The van der Waals surface area contributed by atoms with Crippen LogP contribution in [0.1, 0.15) is 76.6 Å². The molecule has 1 aliphatic carbocycles. The Morgan fingerprint density at radius 1 is 1.12 bits per heavy atom. The molecule has 218 valence electrons. The lowest BCUT2D eigenvalue weighted by molar-refractivity contribution is -0.133. The molecule has 1 saturated heterocycles. The number of rotatable bonds is 8. The topological polar surface area (TPSA) is 113 Å². The molecule has 3 unspecified atom stereocenters. The van der Waals surface area contributed by atoms with Crippen molar-refractivity contribution in [1.29, 1.82) is 0 Å². The van der Waals surface area contributed by atoms with E-state index in [0.29, 0.717) is 36.1 Å². The zero-order chi connectivity index (χ0) is 29.2. The first-order valence-electron chi connectivity index (χ1n) is 14.2. The first kappa shape index (κ1) is 30.1. The van der Waals surface area contributed by atoms with Gasteiger partial charge in [-0.25, -0.2) is 18.4 Å². The van der Waals surface area contributed by atoms with E-state index < -0.39 is 21.8 Å². The Morgan fingerprint density at radius 3 is 2.48 bits per heavy atom. The van der Waals surface area contributed by atoms with Gasteiger partial charge in [0, 0.05) is 36.3 Å². The Bertz CT molecular complexity index is 1310. The molecule has 2 heterocycles. The summed E-state index contributed by atoms with van der Waals surface area (Å²) in [6.45, 7) is 10.7. The smallest absolute Gasteiger partial charge is 0.270 e. The third kappa shape index (κ3) is 6.71. The van der Waals surface area contributed by atoms with E-state index in [-0.39, 0.29) is 40.8 Å². The number of amides is 2. The highest BCUT2D eigenvalue weighted by Gasteiger charge is 2.44. The maximum Gasteiger partial charge on any atom is 0.270 e. The molecule has 2 amide bonds. The number of carbonyl (C=O) groups is 2. The molecule has 10 heteroatoms. The summed E-state index contributed by atoms with van der Waals surface area (Å²) in [6.07, 6.45) is 4.35. The molecule has 2 aliphatic rings. The van der Waals surface area contributed by atoms with Gasteiger partial charge < -0.3 is 15.1 Å². The molecule has 1 N–H and O–H groups in total. The third-order valence-electron chi connectivity index (χ3n) is 8.35. The van der Waals surface area contributed by atoms with Gasteiger partial charge >= 0.3 is 0 Å². The van der Waals surface area contributed by atoms with Crippen LogP contribution in [0.2, 0.25) is 0 Å². The molecular formula is C30H43N5O4S. The Hall–Kier alpha value is -2.85. The van der Waals surface area contributed by atoms with Gasteiger partial charge in [-0.1, -0.05) is 39.0 Å². The molecule has 0 bridgehead atoms. The summed E-state index contributed by atoms with van der Waals surface area (Å²) in [6, 6.07) is 9.82. The fraction of sp³-hybridized carbons (Fsp3) is 0.600. The summed E-state index contributed by atoms with van der Waals surface area (Å²) in [4.78, 5) is 39.8. The summed E-state index contributed by atoms with van der Waals surface area (Å²) in [5.41, 5.74) is -0.0800. The van der Waals surface area contributed by atoms with Crippen molar-refractivity contribution >= 4 is 21.7 Å². The highest BCUT2D eigenvalue weighted by molar-refractivity contribution is 7.91. The standard InChI is InChI=1S/C30H43N5O4S/c1-20(2)34(6)22-12-13-26(21(18-22)19-40(38,39)23-10-8-7-9-11-23)35-17-15-25(28(35)37)32-27(36)24-14-16-31-29(33-24)30(3,4)5/h7-11,14,16,20-22,25-26H,12-13,15,17-19H2,1-6H3,(H,32,36)/t21?,22?,25-,26?/m0/s1. The fourth-order valence-corrected chi connectivity index (χ4v) is 7.54. The zero-order valence-electron chi connectivity index (χ0n) is 24.5. The number of benzene rings is 1. The Morgan fingerprint density at radius 2 is 1.82 bits per heavy atom. The lowest BCUT2D eigenvalue weighted by Crippen LogP contribution is -2.53. The first-order valence-corrected chi connectivity index (χ1v) is 15.9. The van der Waals surface area contributed by atoms with Crippen LogP contribution in [-0.4, -0.2) is 83.5 Å². The van der Waals surface area contributed by atoms with Crippen LogP contribution in [0.3, 0.4) is 0 Å². The number of likely N-dealkylation sites (tertiary alicyclic amines) is 1. The van der Waals surface area contributed by atoms with Crippen molar-refractivity contribution in [1.82, 2.24) is 25.1 Å². The molecule has 40 heavy (non-hydrogen) atoms. The van der Waals surface area contributed by atoms with Gasteiger partial charge in [0.1, 0.15) is 17.6 Å². The van der Waals surface area contributed by atoms with Crippen molar-refractivity contribution in [2.45, 2.75) is 94.8 Å². The number of nitrogens with one attached hydrogen (secondary N) is 1. The van der Waals surface area contributed by atoms with Gasteiger partial charge in [-0.2, -0.15) is 0 Å². The average Bonchev–Trinajstić information content (AvgIpc) is 3.27. The van der Waals surface area contributed by atoms with Crippen LogP contribution in [0.4, 0.5) is 0 Å². The van der Waals surface area contributed by atoms with Crippen molar-refractivity contribution in [3.8, 4) is 0 Å². The maximum atomic E-state index is 13.6. The zero-order valence-corrected chi connectivity index (χ0v) is 25.3. The molecule has 2 fully saturated rings. The van der Waals surface area contributed by atoms with Crippen molar-refractivity contribution < 1.29 is 18.0 Å². The third-order valence-corrected chi connectivity index (χ3v) is 10.2. The van der Waals surface area contributed by atoms with Crippen molar-refractivity contribution in [2.24, 2.45) is 5.92 Å². The second-order valence-electron chi connectivity index (χ2n) is 12.5. The number of hydrogen-bond acceptors (Lipinski definition) is 7. The second-order valence-corrected chi connectivity index (χ2v) is 14.5. The van der Waals surface area contributed by atoms with E-state index >= 15 is 0 Å². The predicted octanol–water partition coefficient (Wildman–Crippen LogP) is 3.46. The molecule has 0 spiro atoms. The summed E-state index contributed by atoms with van der Waals surface area (Å²) in [7, 11) is -1.45. The molecular weight excluding hydrogens is 526 g/mol. The van der Waals surface area contributed by atoms with Gasteiger partial charge in [-0.05, 0) is 70.7 Å². The maximum absolute atomic E-state index is 13.6. The van der Waals surface area contributed by atoms with Crippen LogP contribution in [0.5, 0.6) is 0 Å². The van der Waals surface area contributed by atoms with Crippen molar-refractivity contribution in [2.75, 3.05) is 19.3 Å². The molecule has 1 aromatic carbocycles. The Kier molecular flexibility index (Phi) is 8.99. The predicted molar refractivity (Wildman–Crippen MR) is 155 cm³/mol. The number of carbonyl (C=O) groups excluding carboxylic acids is 2. The lowest BCUT2D eigenvalue weighted by Gasteiger charge is -2.44. The number of nitrogens with zero attached hydrogens (tertiary/aromatic N) is 4. The van der Waals surface area contributed by atoms with Crippen molar-refractivity contribution in [3.05, 3.63) is 54.1 Å². The molecule has 2 aromatic rings. The van der Waals surface area contributed by atoms with Crippen LogP contribution in [0.15, 0.2) is 47.5 Å². The Labute approximate surface area is 238 Å². The summed E-state index contributed by atoms with van der Waals surface area (Å²) >= 11 is 0. The minimum Gasteiger partial charge on any atom is -0.339 e. The van der Waals surface area contributed by atoms with Crippen LogP contribution < -0.4 is 5.32 Å². The van der Waals surface area contributed by atoms with Crippen molar-refractivity contribution in [3.63, 3.8) is 0 Å². The van der Waals surface area contributed by atoms with Gasteiger partial charge in [0.2, 0.25) is 5.91 Å². The van der Waals surface area contributed by atoms with Gasteiger partial charge in [-0.3, -0.25) is 9.59 Å². The number of hydrogen-bond donors (Lipinski definition) is 1. The highest BCUT2D eigenvalue weighted by Crippen LogP contribution is 2.36. The van der Waals surface area contributed by atoms with Gasteiger partial charge in [0.15, 0.2) is 9.84 Å². The van der Waals surface area contributed by atoms with Crippen LogP contribution >= 0.6 is 0 Å². The molecule has 4 atom stereocenters. The monoisotopic (exact) mass is 569 g/mol. The molecule has 1 aliphatic heterocycles. The Balaban J connectivity index is 1.51. The van der Waals surface area contributed by atoms with E-state index in [1.54, 1.807) is 42.6 Å². The van der Waals surface area contributed by atoms with E-state index in [1.807, 2.05) is 25.7 Å². The minimum absolute atomic E-state index is 0.0125. The minimum atomic E-state index is -3.53.